The normalized spacial score (nSPS) is 13.3. The maximum atomic E-state index is 13.0. The first-order valence-corrected chi connectivity index (χ1v) is 14.3. The van der Waals surface area contributed by atoms with Gasteiger partial charge in [0.2, 0.25) is 0 Å². The van der Waals surface area contributed by atoms with E-state index in [1.54, 1.807) is 13.2 Å². The van der Waals surface area contributed by atoms with Crippen LogP contribution in [0.5, 0.6) is 0 Å². The summed E-state index contributed by atoms with van der Waals surface area (Å²) in [4.78, 5) is 34.9. The first kappa shape index (κ1) is 28.0. The number of thiazole rings is 1. The first-order chi connectivity index (χ1) is 15.4. The van der Waals surface area contributed by atoms with Gasteiger partial charge in [-0.3, -0.25) is 14.2 Å². The van der Waals surface area contributed by atoms with Crippen LogP contribution in [0, 0.1) is 13.8 Å². The van der Waals surface area contributed by atoms with Crippen molar-refractivity contribution in [1.29, 1.82) is 0 Å². The highest BCUT2D eigenvalue weighted by molar-refractivity contribution is 9.10. The van der Waals surface area contributed by atoms with E-state index in [9.17, 15) is 14.1 Å². The molecule has 2 rings (SSSR count). The molecule has 0 saturated heterocycles. The number of carbonyl (C=O) groups is 1. The molecule has 12 heteroatoms. The van der Waals surface area contributed by atoms with Gasteiger partial charge in [-0.05, 0) is 70.1 Å². The molecule has 0 unspecified atom stereocenters. The SMILES string of the molecule is CCOC(=O)Cn1c(SC)nc(CC/C(=N/[S@@+]([O-])C(C)(C)C)c2sc(C)nc2C)c(Br)c1=O. The Morgan fingerprint density at radius 3 is 2.52 bits per heavy atom. The number of carbonyl (C=O) groups excluding carboxylic acids is 1. The van der Waals surface area contributed by atoms with Gasteiger partial charge >= 0.3 is 5.97 Å². The molecule has 0 aromatic carbocycles. The third-order valence-electron chi connectivity index (χ3n) is 4.40. The Morgan fingerprint density at radius 1 is 1.33 bits per heavy atom. The summed E-state index contributed by atoms with van der Waals surface area (Å²) in [6, 6.07) is 0. The minimum atomic E-state index is -1.44. The number of rotatable bonds is 9. The predicted octanol–water partition coefficient (Wildman–Crippen LogP) is 4.25. The minimum Gasteiger partial charge on any atom is -0.591 e. The summed E-state index contributed by atoms with van der Waals surface area (Å²) >= 11 is 4.71. The number of nitrogens with zero attached hydrogens (tertiary/aromatic N) is 4. The third kappa shape index (κ3) is 7.38. The van der Waals surface area contributed by atoms with Crippen molar-refractivity contribution >= 4 is 62.1 Å². The highest BCUT2D eigenvalue weighted by Gasteiger charge is 2.28. The predicted molar refractivity (Wildman–Crippen MR) is 139 cm³/mol. The van der Waals surface area contributed by atoms with E-state index in [0.717, 1.165) is 15.6 Å². The molecule has 33 heavy (non-hydrogen) atoms. The molecule has 182 valence electrons. The number of aromatic nitrogens is 3. The van der Waals surface area contributed by atoms with Gasteiger partial charge in [0, 0.05) is 6.42 Å². The molecule has 2 aromatic heterocycles. The number of aryl methyl sites for hydroxylation is 3. The quantitative estimate of drug-likeness (QED) is 0.144. The van der Waals surface area contributed by atoms with Crippen molar-refractivity contribution < 1.29 is 14.1 Å². The van der Waals surface area contributed by atoms with Crippen LogP contribution in [0.1, 0.15) is 55.4 Å². The molecule has 0 aliphatic carbocycles. The molecule has 0 amide bonds. The van der Waals surface area contributed by atoms with E-state index in [0.29, 0.717) is 29.4 Å². The zero-order valence-electron chi connectivity index (χ0n) is 19.9. The van der Waals surface area contributed by atoms with Crippen molar-refractivity contribution in [2.24, 2.45) is 4.40 Å². The van der Waals surface area contributed by atoms with Gasteiger partial charge in [0.1, 0.15) is 32.8 Å². The first-order valence-electron chi connectivity index (χ1n) is 10.3. The van der Waals surface area contributed by atoms with E-state index in [-0.39, 0.29) is 23.2 Å². The van der Waals surface area contributed by atoms with Crippen LogP contribution in [0.15, 0.2) is 18.8 Å². The van der Waals surface area contributed by atoms with Crippen LogP contribution in [0.3, 0.4) is 0 Å². The Hall–Kier alpha value is -1.21. The van der Waals surface area contributed by atoms with Crippen molar-refractivity contribution in [3.8, 4) is 0 Å². The monoisotopic (exact) mass is 576 g/mol. The summed E-state index contributed by atoms with van der Waals surface area (Å²) in [6.07, 6.45) is 2.63. The Labute approximate surface area is 214 Å². The molecule has 0 aliphatic rings. The second kappa shape index (κ2) is 12.0. The minimum absolute atomic E-state index is 0.203. The lowest BCUT2D eigenvalue weighted by Gasteiger charge is -2.19. The van der Waals surface area contributed by atoms with Crippen molar-refractivity contribution in [3.63, 3.8) is 0 Å². The number of hydrogen-bond acceptors (Lipinski definition) is 9. The summed E-state index contributed by atoms with van der Waals surface area (Å²) in [5.74, 6) is -0.494. The smallest absolute Gasteiger partial charge is 0.326 e. The van der Waals surface area contributed by atoms with Gasteiger partial charge < -0.3 is 9.29 Å². The van der Waals surface area contributed by atoms with Gasteiger partial charge in [-0.15, -0.1) is 11.3 Å². The van der Waals surface area contributed by atoms with Gasteiger partial charge in [0.05, 0.1) is 27.9 Å². The molecular formula is C21H29BrN4O4S3. The molecule has 0 fully saturated rings. The molecular weight excluding hydrogens is 548 g/mol. The van der Waals surface area contributed by atoms with Crippen molar-refractivity contribution in [1.82, 2.24) is 14.5 Å². The van der Waals surface area contributed by atoms with Crippen LogP contribution in [-0.4, -0.2) is 48.4 Å². The van der Waals surface area contributed by atoms with E-state index in [1.165, 1.54) is 27.7 Å². The number of esters is 1. The maximum absolute atomic E-state index is 13.0. The second-order valence-corrected chi connectivity index (χ2v) is 12.8. The van der Waals surface area contributed by atoms with E-state index in [2.05, 4.69) is 30.3 Å². The van der Waals surface area contributed by atoms with E-state index >= 15 is 0 Å². The summed E-state index contributed by atoms with van der Waals surface area (Å²) in [6.45, 7) is 11.2. The van der Waals surface area contributed by atoms with E-state index < -0.39 is 22.1 Å². The lowest BCUT2D eigenvalue weighted by atomic mass is 10.1. The second-order valence-electron chi connectivity index (χ2n) is 8.10. The molecule has 0 aliphatic heterocycles. The summed E-state index contributed by atoms with van der Waals surface area (Å²) in [5, 5.41) is 1.33. The molecule has 0 N–H and O–H groups in total. The van der Waals surface area contributed by atoms with Crippen LogP contribution in [0.2, 0.25) is 0 Å². The highest BCUT2D eigenvalue weighted by Crippen LogP contribution is 2.26. The standard InChI is InChI=1S/C21H29BrN4O4S3/c1-8-30-16(27)11-26-19(28)17(22)14(24-20(26)31-7)9-10-15(25-33(29)21(4,5)6)18-12(2)23-13(3)32-18/h8-11H2,1-7H3/b25-15-/t33-/m0/s1. The molecule has 0 radical (unpaired) electrons. The molecule has 8 nitrogen and oxygen atoms in total. The fourth-order valence-corrected chi connectivity index (χ4v) is 5.55. The Kier molecular flexibility index (Phi) is 10.2. The number of halogens is 1. The van der Waals surface area contributed by atoms with Gasteiger partial charge in [0.25, 0.3) is 5.56 Å². The number of hydrogen-bond donors (Lipinski definition) is 0. The van der Waals surface area contributed by atoms with Gasteiger partial charge in [-0.1, -0.05) is 16.2 Å². The lowest BCUT2D eigenvalue weighted by molar-refractivity contribution is -0.144. The van der Waals surface area contributed by atoms with Gasteiger partial charge in [0.15, 0.2) is 5.16 Å². The number of thioether (sulfide) groups is 1. The van der Waals surface area contributed by atoms with Gasteiger partial charge in [-0.2, -0.15) is 0 Å². The molecule has 2 aromatic rings. The van der Waals surface area contributed by atoms with Crippen LogP contribution < -0.4 is 5.56 Å². The van der Waals surface area contributed by atoms with Crippen molar-refractivity contribution in [2.45, 2.75) is 70.8 Å². The average Bonchev–Trinajstić information content (AvgIpc) is 3.07. The summed E-state index contributed by atoms with van der Waals surface area (Å²) in [5.41, 5.74) is 1.72. The lowest BCUT2D eigenvalue weighted by Crippen LogP contribution is -2.29. The summed E-state index contributed by atoms with van der Waals surface area (Å²) in [7, 11) is 0. The molecule has 0 saturated carbocycles. The summed E-state index contributed by atoms with van der Waals surface area (Å²) < 4.78 is 23.4. The van der Waals surface area contributed by atoms with Crippen molar-refractivity contribution in [3.05, 3.63) is 36.1 Å². The fourth-order valence-electron chi connectivity index (χ4n) is 2.82. The Bertz CT molecular complexity index is 1090. The molecule has 0 bridgehead atoms. The molecule has 1 atom stereocenters. The number of ether oxygens (including phenoxy) is 1. The van der Waals surface area contributed by atoms with Crippen molar-refractivity contribution in [2.75, 3.05) is 12.9 Å². The third-order valence-corrected chi connectivity index (χ3v) is 8.43. The fraction of sp³-hybridized carbons (Fsp3) is 0.571. The zero-order chi connectivity index (χ0) is 24.9. The Balaban J connectivity index is 2.42. The Morgan fingerprint density at radius 2 is 2.00 bits per heavy atom. The van der Waals surface area contributed by atoms with E-state index in [1.807, 2.05) is 34.6 Å². The van der Waals surface area contributed by atoms with Crippen LogP contribution in [0.4, 0.5) is 0 Å². The van der Waals surface area contributed by atoms with Crippen LogP contribution in [-0.2, 0) is 33.9 Å². The highest BCUT2D eigenvalue weighted by atomic mass is 79.9. The molecule has 0 spiro atoms. The van der Waals surface area contributed by atoms with Crippen LogP contribution >= 0.6 is 39.0 Å². The average molecular weight is 578 g/mol. The zero-order valence-corrected chi connectivity index (χ0v) is 23.9. The maximum Gasteiger partial charge on any atom is 0.326 e. The molecule has 2 heterocycles. The van der Waals surface area contributed by atoms with Gasteiger partial charge in [-0.25, -0.2) is 9.97 Å². The topological polar surface area (TPSA) is 110 Å². The largest absolute Gasteiger partial charge is 0.591 e. The van der Waals surface area contributed by atoms with Crippen LogP contribution in [0.25, 0.3) is 0 Å². The van der Waals surface area contributed by atoms with E-state index in [4.69, 9.17) is 4.74 Å².